The lowest BCUT2D eigenvalue weighted by molar-refractivity contribution is 0.404. The maximum Gasteiger partial charge on any atom is 0.206 e. The van der Waals surface area contributed by atoms with E-state index in [4.69, 9.17) is 18.9 Å². The summed E-state index contributed by atoms with van der Waals surface area (Å²) in [6.45, 7) is 2.92. The van der Waals surface area contributed by atoms with Crippen LogP contribution in [0.1, 0.15) is 25.5 Å². The first-order chi connectivity index (χ1) is 13.3. The number of methoxy groups -OCH3 is 2. The van der Waals surface area contributed by atoms with Crippen molar-refractivity contribution >= 4 is 17.6 Å². The second-order valence-electron chi connectivity index (χ2n) is 5.78. The number of furan rings is 1. The van der Waals surface area contributed by atoms with Crippen molar-refractivity contribution in [3.8, 4) is 22.8 Å². The lowest BCUT2D eigenvalue weighted by Gasteiger charge is -2.11. The monoisotopic (exact) mass is 385 g/mol. The first-order valence-corrected chi connectivity index (χ1v) is 9.66. The SMILES string of the molecule is CCCCN=c1scc(-c2cc(OC)ccc2OC)n1N=Cc1ccco1. The number of nitrogens with zero attached hydrogens (tertiary/aromatic N) is 3. The largest absolute Gasteiger partial charge is 0.497 e. The van der Waals surface area contributed by atoms with Crippen molar-refractivity contribution in [3.63, 3.8) is 0 Å². The lowest BCUT2D eigenvalue weighted by Crippen LogP contribution is -2.13. The summed E-state index contributed by atoms with van der Waals surface area (Å²) in [6.07, 6.45) is 5.44. The van der Waals surface area contributed by atoms with Gasteiger partial charge >= 0.3 is 0 Å². The van der Waals surface area contributed by atoms with E-state index < -0.39 is 0 Å². The minimum atomic E-state index is 0.678. The standard InChI is InChI=1S/C20H23N3O3S/c1-4-5-10-21-20-23(22-13-16-7-6-11-26-16)18(14-27-20)17-12-15(24-2)8-9-19(17)25-3/h6-9,11-14H,4-5,10H2,1-3H3. The summed E-state index contributed by atoms with van der Waals surface area (Å²) in [6, 6.07) is 9.39. The van der Waals surface area contributed by atoms with Gasteiger partial charge in [-0.05, 0) is 36.8 Å². The molecule has 2 aromatic heterocycles. The number of unbranched alkanes of at least 4 members (excludes halogenated alkanes) is 1. The average Bonchev–Trinajstić information content (AvgIpc) is 3.35. The highest BCUT2D eigenvalue weighted by molar-refractivity contribution is 7.07. The molecule has 0 unspecified atom stereocenters. The Bertz CT molecular complexity index is 955. The van der Waals surface area contributed by atoms with Crippen LogP contribution in [0.15, 0.2) is 56.5 Å². The summed E-state index contributed by atoms with van der Waals surface area (Å²) in [7, 11) is 3.30. The number of ether oxygens (including phenoxy) is 2. The number of aromatic nitrogens is 1. The van der Waals surface area contributed by atoms with Crippen molar-refractivity contribution < 1.29 is 13.9 Å². The van der Waals surface area contributed by atoms with Gasteiger partial charge in [0.1, 0.15) is 17.3 Å². The fourth-order valence-electron chi connectivity index (χ4n) is 2.53. The second kappa shape index (κ2) is 9.23. The molecule has 0 atom stereocenters. The van der Waals surface area contributed by atoms with Crippen LogP contribution in [0.5, 0.6) is 11.5 Å². The van der Waals surface area contributed by atoms with Crippen LogP contribution in [-0.2, 0) is 0 Å². The van der Waals surface area contributed by atoms with Gasteiger partial charge in [0, 0.05) is 17.5 Å². The summed E-state index contributed by atoms with van der Waals surface area (Å²) < 4.78 is 18.1. The summed E-state index contributed by atoms with van der Waals surface area (Å²) >= 11 is 1.55. The van der Waals surface area contributed by atoms with Gasteiger partial charge in [-0.2, -0.15) is 5.10 Å². The predicted octanol–water partition coefficient (Wildman–Crippen LogP) is 4.41. The molecular formula is C20H23N3O3S. The lowest BCUT2D eigenvalue weighted by atomic mass is 10.1. The van der Waals surface area contributed by atoms with E-state index >= 15 is 0 Å². The molecule has 0 radical (unpaired) electrons. The van der Waals surface area contributed by atoms with Gasteiger partial charge in [0.15, 0.2) is 0 Å². The topological polar surface area (TPSA) is 61.2 Å². The Labute approximate surface area is 162 Å². The summed E-state index contributed by atoms with van der Waals surface area (Å²) in [5.74, 6) is 2.18. The van der Waals surface area contributed by atoms with Crippen LogP contribution in [0.4, 0.5) is 0 Å². The zero-order valence-corrected chi connectivity index (χ0v) is 16.5. The van der Waals surface area contributed by atoms with Gasteiger partial charge < -0.3 is 13.9 Å². The molecule has 0 bridgehead atoms. The Hall–Kier alpha value is -2.80. The van der Waals surface area contributed by atoms with Crippen LogP contribution in [-0.4, -0.2) is 31.7 Å². The number of thiazole rings is 1. The molecule has 0 saturated carbocycles. The highest BCUT2D eigenvalue weighted by atomic mass is 32.1. The highest BCUT2D eigenvalue weighted by Crippen LogP contribution is 2.33. The van der Waals surface area contributed by atoms with E-state index in [-0.39, 0.29) is 0 Å². The molecule has 6 nitrogen and oxygen atoms in total. The molecule has 27 heavy (non-hydrogen) atoms. The van der Waals surface area contributed by atoms with E-state index in [0.717, 1.165) is 46.9 Å². The quantitative estimate of drug-likeness (QED) is 0.426. The third-order valence-corrected chi connectivity index (χ3v) is 4.82. The van der Waals surface area contributed by atoms with Gasteiger partial charge in [0.25, 0.3) is 0 Å². The Morgan fingerprint density at radius 1 is 1.22 bits per heavy atom. The van der Waals surface area contributed by atoms with E-state index in [1.165, 1.54) is 0 Å². The highest BCUT2D eigenvalue weighted by Gasteiger charge is 2.14. The molecule has 2 heterocycles. The molecule has 142 valence electrons. The molecule has 0 N–H and O–H groups in total. The fourth-order valence-corrected chi connectivity index (χ4v) is 3.39. The maximum absolute atomic E-state index is 5.55. The zero-order valence-electron chi connectivity index (χ0n) is 15.7. The van der Waals surface area contributed by atoms with E-state index in [1.54, 1.807) is 38.0 Å². The van der Waals surface area contributed by atoms with Gasteiger partial charge in [-0.25, -0.2) is 4.68 Å². The third-order valence-electron chi connectivity index (χ3n) is 3.97. The molecule has 0 amide bonds. The molecule has 1 aromatic carbocycles. The van der Waals surface area contributed by atoms with E-state index in [9.17, 15) is 0 Å². The normalized spacial score (nSPS) is 12.0. The molecule has 0 aliphatic heterocycles. The number of benzene rings is 1. The van der Waals surface area contributed by atoms with Gasteiger partial charge in [-0.3, -0.25) is 4.99 Å². The van der Waals surface area contributed by atoms with Gasteiger partial charge in [-0.1, -0.05) is 13.3 Å². The number of hydrogen-bond donors (Lipinski definition) is 0. The maximum atomic E-state index is 5.55. The van der Waals surface area contributed by atoms with Crippen LogP contribution in [0.25, 0.3) is 11.3 Å². The van der Waals surface area contributed by atoms with Crippen LogP contribution in [0.3, 0.4) is 0 Å². The van der Waals surface area contributed by atoms with Crippen LogP contribution in [0.2, 0.25) is 0 Å². The summed E-state index contributed by atoms with van der Waals surface area (Å²) in [5, 5.41) is 6.64. The first kappa shape index (κ1) is 19.0. The van der Waals surface area contributed by atoms with E-state index in [2.05, 4.69) is 12.0 Å². The van der Waals surface area contributed by atoms with Gasteiger partial charge in [-0.15, -0.1) is 11.3 Å². The molecule has 3 rings (SSSR count). The summed E-state index contributed by atoms with van der Waals surface area (Å²) in [5.41, 5.74) is 1.77. The van der Waals surface area contributed by atoms with Crippen molar-refractivity contribution in [2.75, 3.05) is 20.8 Å². The third kappa shape index (κ3) is 4.49. The van der Waals surface area contributed by atoms with Crippen molar-refractivity contribution in [2.45, 2.75) is 19.8 Å². The van der Waals surface area contributed by atoms with Gasteiger partial charge in [0.05, 0.1) is 32.4 Å². The minimum Gasteiger partial charge on any atom is -0.497 e. The molecule has 0 fully saturated rings. The first-order valence-electron chi connectivity index (χ1n) is 8.78. The molecule has 0 spiro atoms. The predicted molar refractivity (Wildman–Crippen MR) is 108 cm³/mol. The second-order valence-corrected chi connectivity index (χ2v) is 6.61. The molecule has 0 aliphatic rings. The van der Waals surface area contributed by atoms with Crippen molar-refractivity contribution in [2.24, 2.45) is 10.1 Å². The average molecular weight is 385 g/mol. The fraction of sp³-hybridized carbons (Fsp3) is 0.300. The van der Waals surface area contributed by atoms with E-state index in [0.29, 0.717) is 5.76 Å². The van der Waals surface area contributed by atoms with Crippen LogP contribution < -0.4 is 14.3 Å². The Morgan fingerprint density at radius 2 is 2.11 bits per heavy atom. The van der Waals surface area contributed by atoms with Crippen LogP contribution >= 0.6 is 11.3 Å². The van der Waals surface area contributed by atoms with Crippen LogP contribution in [0, 0.1) is 0 Å². The van der Waals surface area contributed by atoms with Crippen molar-refractivity contribution in [3.05, 3.63) is 52.5 Å². The molecule has 7 heteroatoms. The van der Waals surface area contributed by atoms with Gasteiger partial charge in [0.2, 0.25) is 4.80 Å². The molecule has 0 aliphatic carbocycles. The van der Waals surface area contributed by atoms with Crippen molar-refractivity contribution in [1.82, 2.24) is 4.68 Å². The zero-order chi connectivity index (χ0) is 19.1. The molecule has 3 aromatic rings. The Morgan fingerprint density at radius 3 is 2.81 bits per heavy atom. The van der Waals surface area contributed by atoms with Crippen molar-refractivity contribution in [1.29, 1.82) is 0 Å². The summed E-state index contributed by atoms with van der Waals surface area (Å²) in [4.78, 5) is 5.53. The number of hydrogen-bond acceptors (Lipinski definition) is 6. The number of rotatable bonds is 8. The molecule has 0 saturated heterocycles. The molecular weight excluding hydrogens is 362 g/mol. The van der Waals surface area contributed by atoms with E-state index in [1.807, 2.05) is 40.4 Å². The smallest absolute Gasteiger partial charge is 0.206 e. The minimum absolute atomic E-state index is 0.678. The Balaban J connectivity index is 2.11. The Kier molecular flexibility index (Phi) is 6.49.